The van der Waals surface area contributed by atoms with Gasteiger partial charge in [-0.1, -0.05) is 6.92 Å². The van der Waals surface area contributed by atoms with Crippen molar-refractivity contribution >= 4 is 41.1 Å². The number of hydrogen-bond donors (Lipinski definition) is 3. The van der Waals surface area contributed by atoms with Gasteiger partial charge in [-0.05, 0) is 67.2 Å². The lowest BCUT2D eigenvalue weighted by molar-refractivity contribution is -0.123. The van der Waals surface area contributed by atoms with E-state index in [9.17, 15) is 19.2 Å². The SMILES string of the molecule is CCCOC(=O)c1ccc(OCC(=O)NNC(=S)NC(=O)c2ccc(C(=O)OC)cc2)cc1. The van der Waals surface area contributed by atoms with Crippen LogP contribution < -0.4 is 20.9 Å². The van der Waals surface area contributed by atoms with E-state index in [-0.39, 0.29) is 17.3 Å². The van der Waals surface area contributed by atoms with Gasteiger partial charge in [0.15, 0.2) is 11.7 Å². The fraction of sp³-hybridized carbons (Fsp3) is 0.227. The first kappa shape index (κ1) is 25.3. The Morgan fingerprint density at radius 3 is 2.03 bits per heavy atom. The molecule has 2 aromatic rings. The molecule has 0 unspecified atom stereocenters. The largest absolute Gasteiger partial charge is 0.484 e. The topological polar surface area (TPSA) is 132 Å². The third-order valence-corrected chi connectivity index (χ3v) is 4.21. The number of carbonyl (C=O) groups is 4. The molecular weight excluding hydrogens is 450 g/mol. The fourth-order valence-corrected chi connectivity index (χ4v) is 2.50. The monoisotopic (exact) mass is 473 g/mol. The Morgan fingerprint density at radius 1 is 0.848 bits per heavy atom. The van der Waals surface area contributed by atoms with Crippen LogP contribution in [0.2, 0.25) is 0 Å². The Kier molecular flexibility index (Phi) is 9.78. The average Bonchev–Trinajstić information content (AvgIpc) is 2.84. The van der Waals surface area contributed by atoms with Crippen molar-refractivity contribution in [1.82, 2.24) is 16.2 Å². The molecule has 0 heterocycles. The van der Waals surface area contributed by atoms with Crippen molar-refractivity contribution in [3.8, 4) is 5.75 Å². The Morgan fingerprint density at radius 2 is 1.42 bits per heavy atom. The predicted molar refractivity (Wildman–Crippen MR) is 122 cm³/mol. The first-order chi connectivity index (χ1) is 15.8. The van der Waals surface area contributed by atoms with Crippen molar-refractivity contribution in [2.75, 3.05) is 20.3 Å². The van der Waals surface area contributed by atoms with Gasteiger partial charge in [-0.3, -0.25) is 25.8 Å². The van der Waals surface area contributed by atoms with Gasteiger partial charge >= 0.3 is 11.9 Å². The van der Waals surface area contributed by atoms with E-state index in [1.807, 2.05) is 6.92 Å². The molecule has 2 aromatic carbocycles. The minimum atomic E-state index is -0.555. The van der Waals surface area contributed by atoms with Crippen molar-refractivity contribution in [2.24, 2.45) is 0 Å². The first-order valence-electron chi connectivity index (χ1n) is 9.82. The summed E-state index contributed by atoms with van der Waals surface area (Å²) in [5.41, 5.74) is 5.61. The molecule has 2 amide bonds. The molecule has 0 saturated carbocycles. The molecule has 3 N–H and O–H groups in total. The summed E-state index contributed by atoms with van der Waals surface area (Å²) in [6, 6.07) is 11.9. The van der Waals surface area contributed by atoms with Crippen molar-refractivity contribution in [3.63, 3.8) is 0 Å². The van der Waals surface area contributed by atoms with E-state index >= 15 is 0 Å². The third-order valence-electron chi connectivity index (χ3n) is 4.01. The van der Waals surface area contributed by atoms with Gasteiger partial charge in [-0.15, -0.1) is 0 Å². The zero-order valence-corrected chi connectivity index (χ0v) is 18.8. The van der Waals surface area contributed by atoms with E-state index in [0.717, 1.165) is 6.42 Å². The minimum Gasteiger partial charge on any atom is -0.484 e. The Labute approximate surface area is 195 Å². The Hall–Kier alpha value is -3.99. The molecule has 0 bridgehead atoms. The van der Waals surface area contributed by atoms with Gasteiger partial charge in [0.25, 0.3) is 11.8 Å². The van der Waals surface area contributed by atoms with E-state index < -0.39 is 23.8 Å². The van der Waals surface area contributed by atoms with Crippen LogP contribution in [0.1, 0.15) is 44.4 Å². The summed E-state index contributed by atoms with van der Waals surface area (Å²) < 4.78 is 15.0. The highest BCUT2D eigenvalue weighted by atomic mass is 32.1. The lowest BCUT2D eigenvalue weighted by atomic mass is 10.1. The van der Waals surface area contributed by atoms with E-state index in [4.69, 9.17) is 21.7 Å². The summed E-state index contributed by atoms with van der Waals surface area (Å²) in [6.45, 7) is 1.91. The molecule has 0 fully saturated rings. The molecule has 0 radical (unpaired) electrons. The quantitative estimate of drug-likeness (QED) is 0.298. The van der Waals surface area contributed by atoms with Gasteiger partial charge in [-0.2, -0.15) is 0 Å². The molecule has 33 heavy (non-hydrogen) atoms. The number of thiocarbonyl (C=S) groups is 1. The van der Waals surface area contributed by atoms with Crippen LogP contribution in [-0.2, 0) is 14.3 Å². The van der Waals surface area contributed by atoms with Crippen LogP contribution in [0.3, 0.4) is 0 Å². The van der Waals surface area contributed by atoms with E-state index in [0.29, 0.717) is 23.5 Å². The molecule has 2 rings (SSSR count). The second kappa shape index (κ2) is 12.8. The lowest BCUT2D eigenvalue weighted by Crippen LogP contribution is -2.49. The van der Waals surface area contributed by atoms with Gasteiger partial charge in [0.1, 0.15) is 5.75 Å². The number of amides is 2. The zero-order valence-electron chi connectivity index (χ0n) is 18.0. The number of ether oxygens (including phenoxy) is 3. The highest BCUT2D eigenvalue weighted by Crippen LogP contribution is 2.13. The number of benzene rings is 2. The highest BCUT2D eigenvalue weighted by molar-refractivity contribution is 7.80. The number of rotatable bonds is 8. The zero-order chi connectivity index (χ0) is 24.2. The van der Waals surface area contributed by atoms with Gasteiger partial charge < -0.3 is 14.2 Å². The van der Waals surface area contributed by atoms with Crippen LogP contribution in [0.15, 0.2) is 48.5 Å². The Bertz CT molecular complexity index is 1010. The summed E-state index contributed by atoms with van der Waals surface area (Å²) in [5.74, 6) is -1.66. The van der Waals surface area contributed by atoms with Crippen LogP contribution in [0.25, 0.3) is 0 Å². The number of methoxy groups -OCH3 is 1. The summed E-state index contributed by atoms with van der Waals surface area (Å²) in [5, 5.41) is 2.25. The number of carbonyl (C=O) groups excluding carboxylic acids is 4. The molecule has 174 valence electrons. The number of hydrazine groups is 1. The highest BCUT2D eigenvalue weighted by Gasteiger charge is 2.11. The Balaban J connectivity index is 1.73. The smallest absolute Gasteiger partial charge is 0.338 e. The minimum absolute atomic E-state index is 0.139. The van der Waals surface area contributed by atoms with Gasteiger partial charge in [0, 0.05) is 5.56 Å². The fourth-order valence-electron chi connectivity index (χ4n) is 2.36. The second-order valence-electron chi connectivity index (χ2n) is 6.47. The van der Waals surface area contributed by atoms with Crippen LogP contribution in [0.4, 0.5) is 0 Å². The molecule has 0 aliphatic heterocycles. The van der Waals surface area contributed by atoms with E-state index in [2.05, 4.69) is 20.9 Å². The second-order valence-corrected chi connectivity index (χ2v) is 6.88. The molecular formula is C22H23N3O7S. The van der Waals surface area contributed by atoms with E-state index in [1.165, 1.54) is 43.5 Å². The summed E-state index contributed by atoms with van der Waals surface area (Å²) in [7, 11) is 1.26. The van der Waals surface area contributed by atoms with Crippen LogP contribution in [0, 0.1) is 0 Å². The number of esters is 2. The molecule has 0 aromatic heterocycles. The van der Waals surface area contributed by atoms with Crippen LogP contribution >= 0.6 is 12.2 Å². The van der Waals surface area contributed by atoms with Crippen molar-refractivity contribution in [3.05, 3.63) is 65.2 Å². The van der Waals surface area contributed by atoms with Crippen molar-refractivity contribution < 1.29 is 33.4 Å². The molecule has 0 spiro atoms. The average molecular weight is 474 g/mol. The van der Waals surface area contributed by atoms with Gasteiger partial charge in [-0.25, -0.2) is 9.59 Å². The van der Waals surface area contributed by atoms with Crippen LogP contribution in [-0.4, -0.2) is 49.2 Å². The number of nitrogens with one attached hydrogen (secondary N) is 3. The standard InChI is InChI=1S/C22H23N3O7S/c1-3-12-31-21(29)16-8-10-17(11-9-16)32-13-18(26)24-25-22(33)23-19(27)14-4-6-15(7-5-14)20(28)30-2/h4-11H,3,12-13H2,1-2H3,(H,24,26)(H2,23,25,27,33). The normalized spacial score (nSPS) is 9.88. The summed E-state index contributed by atoms with van der Waals surface area (Å²) in [6.07, 6.45) is 0.730. The van der Waals surface area contributed by atoms with Crippen molar-refractivity contribution in [2.45, 2.75) is 13.3 Å². The third kappa shape index (κ3) is 8.22. The maximum Gasteiger partial charge on any atom is 0.338 e. The van der Waals surface area contributed by atoms with E-state index in [1.54, 1.807) is 12.1 Å². The molecule has 10 nitrogen and oxygen atoms in total. The summed E-state index contributed by atoms with van der Waals surface area (Å²) >= 11 is 4.96. The molecule has 11 heteroatoms. The van der Waals surface area contributed by atoms with Crippen molar-refractivity contribution in [1.29, 1.82) is 0 Å². The summed E-state index contributed by atoms with van der Waals surface area (Å²) in [4.78, 5) is 47.3. The first-order valence-corrected chi connectivity index (χ1v) is 10.2. The van der Waals surface area contributed by atoms with Gasteiger partial charge in [0.05, 0.1) is 24.8 Å². The lowest BCUT2D eigenvalue weighted by Gasteiger charge is -2.12. The predicted octanol–water partition coefficient (Wildman–Crippen LogP) is 1.75. The molecule has 0 saturated heterocycles. The molecule has 0 aliphatic rings. The maximum absolute atomic E-state index is 12.2. The molecule has 0 atom stereocenters. The molecule has 0 aliphatic carbocycles. The van der Waals surface area contributed by atoms with Gasteiger partial charge in [0.2, 0.25) is 0 Å². The number of hydrogen-bond acceptors (Lipinski definition) is 8. The maximum atomic E-state index is 12.2. The van der Waals surface area contributed by atoms with Crippen LogP contribution in [0.5, 0.6) is 5.75 Å².